The first-order chi connectivity index (χ1) is 9.19. The van der Waals surface area contributed by atoms with Gasteiger partial charge in [-0.2, -0.15) is 0 Å². The minimum absolute atomic E-state index is 0.0940. The number of ether oxygens (including phenoxy) is 1. The number of nitrogens with zero attached hydrogens (tertiary/aromatic N) is 1. The number of aromatic carboxylic acids is 1. The van der Waals surface area contributed by atoms with Gasteiger partial charge in [0.25, 0.3) is 0 Å². The number of benzene rings is 1. The highest BCUT2D eigenvalue weighted by atomic mass is 16.5. The van der Waals surface area contributed by atoms with Crippen LogP contribution in [0.5, 0.6) is 5.75 Å². The molecular weight excluding hydrogens is 248 g/mol. The van der Waals surface area contributed by atoms with Crippen LogP contribution in [0.2, 0.25) is 0 Å². The standard InChI is InChI=1S/C13H14N2O4/c1-2-18-10-5-3-9(4-6-10)14-8-11-7-12(13(16)17)15-19-11/h3-7,14H,2,8H2,1H3,(H,16,17). The van der Waals surface area contributed by atoms with Crippen molar-refractivity contribution in [2.24, 2.45) is 0 Å². The number of nitrogens with one attached hydrogen (secondary N) is 1. The fraction of sp³-hybridized carbons (Fsp3) is 0.231. The summed E-state index contributed by atoms with van der Waals surface area (Å²) in [5.41, 5.74) is 0.792. The van der Waals surface area contributed by atoms with Crippen molar-refractivity contribution in [2.75, 3.05) is 11.9 Å². The van der Waals surface area contributed by atoms with Crippen molar-refractivity contribution in [3.8, 4) is 5.75 Å². The number of anilines is 1. The second-order valence-corrected chi connectivity index (χ2v) is 3.79. The van der Waals surface area contributed by atoms with Gasteiger partial charge in [0.15, 0.2) is 11.5 Å². The molecule has 1 heterocycles. The average molecular weight is 262 g/mol. The lowest BCUT2D eigenvalue weighted by Crippen LogP contribution is -1.99. The predicted octanol–water partition coefficient (Wildman–Crippen LogP) is 2.38. The van der Waals surface area contributed by atoms with E-state index < -0.39 is 5.97 Å². The van der Waals surface area contributed by atoms with Crippen molar-refractivity contribution in [3.05, 3.63) is 41.8 Å². The van der Waals surface area contributed by atoms with Crippen LogP contribution in [0.4, 0.5) is 5.69 Å². The number of carboxylic acid groups (broad SMARTS) is 1. The zero-order valence-electron chi connectivity index (χ0n) is 10.4. The third-order valence-corrected chi connectivity index (χ3v) is 2.41. The summed E-state index contributed by atoms with van der Waals surface area (Å²) < 4.78 is 10.2. The zero-order chi connectivity index (χ0) is 13.7. The van der Waals surface area contributed by atoms with Crippen LogP contribution in [0.25, 0.3) is 0 Å². The van der Waals surface area contributed by atoms with Gasteiger partial charge in [0, 0.05) is 11.8 Å². The van der Waals surface area contributed by atoms with Crippen LogP contribution in [0, 0.1) is 0 Å². The van der Waals surface area contributed by atoms with Gasteiger partial charge in [-0.15, -0.1) is 0 Å². The van der Waals surface area contributed by atoms with Gasteiger partial charge in [-0.1, -0.05) is 5.16 Å². The van der Waals surface area contributed by atoms with Gasteiger partial charge >= 0.3 is 5.97 Å². The minimum atomic E-state index is -1.10. The first-order valence-corrected chi connectivity index (χ1v) is 5.84. The quantitative estimate of drug-likeness (QED) is 0.831. The van der Waals surface area contributed by atoms with E-state index in [1.165, 1.54) is 6.07 Å². The van der Waals surface area contributed by atoms with E-state index in [0.29, 0.717) is 18.9 Å². The molecule has 0 saturated carbocycles. The first kappa shape index (κ1) is 12.9. The lowest BCUT2D eigenvalue weighted by molar-refractivity contribution is 0.0685. The first-order valence-electron chi connectivity index (χ1n) is 5.84. The fourth-order valence-corrected chi connectivity index (χ4v) is 1.52. The molecule has 6 nitrogen and oxygen atoms in total. The number of aromatic nitrogens is 1. The highest BCUT2D eigenvalue weighted by molar-refractivity contribution is 5.85. The Labute approximate surface area is 110 Å². The summed E-state index contributed by atoms with van der Waals surface area (Å²) in [5, 5.41) is 15.2. The smallest absolute Gasteiger partial charge is 0.358 e. The molecule has 1 aromatic carbocycles. The molecule has 2 rings (SSSR count). The molecule has 100 valence electrons. The number of carboxylic acids is 1. The summed E-state index contributed by atoms with van der Waals surface area (Å²) in [6.45, 7) is 2.92. The summed E-state index contributed by atoms with van der Waals surface area (Å²) in [6.07, 6.45) is 0. The molecule has 0 aliphatic carbocycles. The van der Waals surface area contributed by atoms with E-state index in [1.54, 1.807) is 0 Å². The maximum absolute atomic E-state index is 10.6. The topological polar surface area (TPSA) is 84.6 Å². The third kappa shape index (κ3) is 3.48. The molecule has 2 aromatic rings. The zero-order valence-corrected chi connectivity index (χ0v) is 10.4. The molecule has 19 heavy (non-hydrogen) atoms. The lowest BCUT2D eigenvalue weighted by atomic mass is 10.3. The van der Waals surface area contributed by atoms with E-state index in [9.17, 15) is 4.79 Å². The molecule has 0 fully saturated rings. The monoisotopic (exact) mass is 262 g/mol. The van der Waals surface area contributed by atoms with E-state index >= 15 is 0 Å². The molecule has 2 N–H and O–H groups in total. The van der Waals surface area contributed by atoms with Crippen LogP contribution in [-0.4, -0.2) is 22.8 Å². The Balaban J connectivity index is 1.92. The van der Waals surface area contributed by atoms with Gasteiger partial charge < -0.3 is 19.7 Å². The Kier molecular flexibility index (Phi) is 4.02. The minimum Gasteiger partial charge on any atom is -0.494 e. The van der Waals surface area contributed by atoms with Gasteiger partial charge in [-0.25, -0.2) is 4.79 Å². The van der Waals surface area contributed by atoms with Gasteiger partial charge in [0.2, 0.25) is 0 Å². The van der Waals surface area contributed by atoms with Gasteiger partial charge in [0.05, 0.1) is 13.2 Å². The summed E-state index contributed by atoms with van der Waals surface area (Å²) in [4.78, 5) is 10.6. The molecule has 0 unspecified atom stereocenters. The SMILES string of the molecule is CCOc1ccc(NCc2cc(C(=O)O)no2)cc1. The van der Waals surface area contributed by atoms with Crippen molar-refractivity contribution >= 4 is 11.7 Å². The normalized spacial score (nSPS) is 10.2. The number of rotatable bonds is 6. The van der Waals surface area contributed by atoms with Crippen molar-refractivity contribution in [1.29, 1.82) is 0 Å². The lowest BCUT2D eigenvalue weighted by Gasteiger charge is -2.06. The van der Waals surface area contributed by atoms with Crippen molar-refractivity contribution in [1.82, 2.24) is 5.16 Å². The number of carbonyl (C=O) groups is 1. The average Bonchev–Trinajstić information content (AvgIpc) is 2.87. The Morgan fingerprint density at radius 2 is 2.16 bits per heavy atom. The van der Waals surface area contributed by atoms with Crippen LogP contribution < -0.4 is 10.1 Å². The van der Waals surface area contributed by atoms with Crippen molar-refractivity contribution in [2.45, 2.75) is 13.5 Å². The Morgan fingerprint density at radius 3 is 2.74 bits per heavy atom. The van der Waals surface area contributed by atoms with Crippen molar-refractivity contribution in [3.63, 3.8) is 0 Å². The molecule has 1 aromatic heterocycles. The van der Waals surface area contributed by atoms with Gasteiger partial charge in [-0.05, 0) is 31.2 Å². The number of hydrogen-bond donors (Lipinski definition) is 2. The Morgan fingerprint density at radius 1 is 1.42 bits per heavy atom. The van der Waals surface area contributed by atoms with Gasteiger partial charge in [0.1, 0.15) is 5.75 Å². The maximum Gasteiger partial charge on any atom is 0.358 e. The Bertz CT molecular complexity index is 548. The second kappa shape index (κ2) is 5.90. The molecule has 0 aliphatic rings. The van der Waals surface area contributed by atoms with Gasteiger partial charge in [-0.3, -0.25) is 0 Å². The largest absolute Gasteiger partial charge is 0.494 e. The van der Waals surface area contributed by atoms with E-state index in [0.717, 1.165) is 11.4 Å². The van der Waals surface area contributed by atoms with E-state index in [1.807, 2.05) is 31.2 Å². The van der Waals surface area contributed by atoms with Crippen molar-refractivity contribution < 1.29 is 19.2 Å². The molecule has 0 saturated heterocycles. The van der Waals surface area contributed by atoms with Crippen LogP contribution in [0.3, 0.4) is 0 Å². The predicted molar refractivity (Wildman–Crippen MR) is 68.4 cm³/mol. The molecule has 0 amide bonds. The summed E-state index contributed by atoms with van der Waals surface area (Å²) in [7, 11) is 0. The van der Waals surface area contributed by atoms with Crippen LogP contribution >= 0.6 is 0 Å². The third-order valence-electron chi connectivity index (χ3n) is 2.41. The second-order valence-electron chi connectivity index (χ2n) is 3.79. The van der Waals surface area contributed by atoms with Crippen LogP contribution in [0.15, 0.2) is 34.9 Å². The fourth-order valence-electron chi connectivity index (χ4n) is 1.52. The summed E-state index contributed by atoms with van der Waals surface area (Å²) >= 11 is 0. The highest BCUT2D eigenvalue weighted by Crippen LogP contribution is 2.16. The summed E-state index contributed by atoms with van der Waals surface area (Å²) in [5.74, 6) is 0.170. The molecule has 0 atom stereocenters. The van der Waals surface area contributed by atoms with E-state index in [-0.39, 0.29) is 5.69 Å². The van der Waals surface area contributed by atoms with E-state index in [4.69, 9.17) is 14.4 Å². The molecule has 0 radical (unpaired) electrons. The Hall–Kier alpha value is -2.50. The van der Waals surface area contributed by atoms with Crippen LogP contribution in [-0.2, 0) is 6.54 Å². The maximum atomic E-state index is 10.6. The summed E-state index contributed by atoms with van der Waals surface area (Å²) in [6, 6.07) is 8.85. The highest BCUT2D eigenvalue weighted by Gasteiger charge is 2.10. The molecule has 0 bridgehead atoms. The van der Waals surface area contributed by atoms with E-state index in [2.05, 4.69) is 10.5 Å². The number of hydrogen-bond acceptors (Lipinski definition) is 5. The molecule has 0 aliphatic heterocycles. The molecule has 0 spiro atoms. The molecule has 6 heteroatoms. The molecular formula is C13H14N2O4. The van der Waals surface area contributed by atoms with Crippen LogP contribution in [0.1, 0.15) is 23.2 Å².